The van der Waals surface area contributed by atoms with Crippen LogP contribution in [0.4, 0.5) is 5.69 Å². The molecule has 4 rings (SSSR count). The summed E-state index contributed by atoms with van der Waals surface area (Å²) in [6.07, 6.45) is 1.44. The molecule has 7 heteroatoms. The Morgan fingerprint density at radius 2 is 1.73 bits per heavy atom. The van der Waals surface area contributed by atoms with E-state index in [1.807, 2.05) is 13.0 Å². The van der Waals surface area contributed by atoms with Crippen LogP contribution in [0.1, 0.15) is 46.3 Å². The lowest BCUT2D eigenvalue weighted by molar-refractivity contribution is -0.118. The first-order chi connectivity index (χ1) is 15.7. The third kappa shape index (κ3) is 4.24. The molecule has 1 atom stereocenters. The van der Waals surface area contributed by atoms with Crippen molar-refractivity contribution >= 4 is 38.9 Å². The molecular formula is C26H25N3O3S. The fraction of sp³-hybridized carbons (Fsp3) is 0.231. The number of carbonyl (C=O) groups is 2. The second-order valence-electron chi connectivity index (χ2n) is 8.27. The largest absolute Gasteiger partial charge is 0.324 e. The highest BCUT2D eigenvalue weighted by atomic mass is 32.1. The number of fused-ring (bicyclic) bond motifs is 1. The first kappa shape index (κ1) is 22.6. The molecule has 6 nitrogen and oxygen atoms in total. The summed E-state index contributed by atoms with van der Waals surface area (Å²) in [5, 5.41) is 3.35. The molecule has 33 heavy (non-hydrogen) atoms. The van der Waals surface area contributed by atoms with Crippen LogP contribution in [-0.4, -0.2) is 21.2 Å². The zero-order valence-corrected chi connectivity index (χ0v) is 20.0. The number of aromatic nitrogens is 2. The van der Waals surface area contributed by atoms with Crippen molar-refractivity contribution in [3.63, 3.8) is 0 Å². The van der Waals surface area contributed by atoms with Crippen LogP contribution in [-0.2, 0) is 4.79 Å². The number of rotatable bonds is 5. The van der Waals surface area contributed by atoms with Crippen molar-refractivity contribution in [2.75, 3.05) is 5.32 Å². The van der Waals surface area contributed by atoms with Gasteiger partial charge in [-0.15, -0.1) is 11.3 Å². The number of ketones is 1. The van der Waals surface area contributed by atoms with Crippen molar-refractivity contribution in [1.82, 2.24) is 9.55 Å². The summed E-state index contributed by atoms with van der Waals surface area (Å²) in [6.45, 7) is 9.25. The van der Waals surface area contributed by atoms with Crippen molar-refractivity contribution < 1.29 is 9.59 Å². The lowest BCUT2D eigenvalue weighted by Crippen LogP contribution is -2.31. The van der Waals surface area contributed by atoms with Crippen LogP contribution in [0, 0.1) is 20.8 Å². The zero-order valence-electron chi connectivity index (χ0n) is 19.2. The van der Waals surface area contributed by atoms with E-state index in [0.717, 1.165) is 21.6 Å². The molecule has 0 aliphatic carbocycles. The van der Waals surface area contributed by atoms with Gasteiger partial charge in [0.15, 0.2) is 5.78 Å². The van der Waals surface area contributed by atoms with Crippen LogP contribution < -0.4 is 10.9 Å². The second kappa shape index (κ2) is 8.75. The van der Waals surface area contributed by atoms with E-state index in [0.29, 0.717) is 21.5 Å². The number of hydrogen-bond donors (Lipinski definition) is 1. The highest BCUT2D eigenvalue weighted by Gasteiger charge is 2.22. The fourth-order valence-electron chi connectivity index (χ4n) is 3.80. The normalized spacial score (nSPS) is 12.0. The first-order valence-electron chi connectivity index (χ1n) is 10.7. The summed E-state index contributed by atoms with van der Waals surface area (Å²) >= 11 is 1.48. The summed E-state index contributed by atoms with van der Waals surface area (Å²) in [4.78, 5) is 44.0. The van der Waals surface area contributed by atoms with Gasteiger partial charge in [-0.05, 0) is 75.6 Å². The number of benzene rings is 2. The Kier molecular flexibility index (Phi) is 5.99. The maximum atomic E-state index is 13.5. The van der Waals surface area contributed by atoms with E-state index in [-0.39, 0.29) is 17.2 Å². The third-order valence-corrected chi connectivity index (χ3v) is 6.98. The SMILES string of the molecule is CC(=O)c1ccc(NC(=O)C(C)n2cnc3sc(C)c(-c4ccc(C)c(C)c4)c3c2=O)cc1. The Labute approximate surface area is 195 Å². The average Bonchev–Trinajstić information content (AvgIpc) is 3.12. The van der Waals surface area contributed by atoms with Gasteiger partial charge in [0.05, 0.1) is 11.7 Å². The minimum Gasteiger partial charge on any atom is -0.324 e. The number of carbonyl (C=O) groups excluding carboxylic acids is 2. The molecule has 0 saturated heterocycles. The fourth-order valence-corrected chi connectivity index (χ4v) is 4.80. The molecule has 0 aliphatic rings. The highest BCUT2D eigenvalue weighted by molar-refractivity contribution is 7.19. The lowest BCUT2D eigenvalue weighted by atomic mass is 9.99. The van der Waals surface area contributed by atoms with Crippen molar-refractivity contribution in [3.05, 3.63) is 80.7 Å². The standard InChI is InChI=1S/C26H25N3O3S/c1-14-6-7-20(12-15(14)2)22-18(5)33-25-23(22)26(32)29(13-27-25)16(3)24(31)28-21-10-8-19(9-11-21)17(4)30/h6-13,16H,1-5H3,(H,28,31). The van der Waals surface area contributed by atoms with Gasteiger partial charge in [0.2, 0.25) is 5.91 Å². The molecular weight excluding hydrogens is 434 g/mol. The topological polar surface area (TPSA) is 81.1 Å². The van der Waals surface area contributed by atoms with Crippen molar-refractivity contribution in [3.8, 4) is 11.1 Å². The molecule has 0 aliphatic heterocycles. The Morgan fingerprint density at radius 3 is 2.36 bits per heavy atom. The van der Waals surface area contributed by atoms with Crippen LogP contribution in [0.5, 0.6) is 0 Å². The van der Waals surface area contributed by atoms with Crippen LogP contribution >= 0.6 is 11.3 Å². The number of hydrogen-bond acceptors (Lipinski definition) is 5. The summed E-state index contributed by atoms with van der Waals surface area (Å²) in [7, 11) is 0. The molecule has 0 saturated carbocycles. The molecule has 168 valence electrons. The van der Waals surface area contributed by atoms with Gasteiger partial charge < -0.3 is 5.32 Å². The minimum absolute atomic E-state index is 0.0437. The average molecular weight is 460 g/mol. The second-order valence-corrected chi connectivity index (χ2v) is 9.47. The van der Waals surface area contributed by atoms with Gasteiger partial charge in [0, 0.05) is 21.7 Å². The number of nitrogens with one attached hydrogen (secondary N) is 1. The quantitative estimate of drug-likeness (QED) is 0.402. The first-order valence-corrected chi connectivity index (χ1v) is 11.5. The van der Waals surface area contributed by atoms with Gasteiger partial charge in [0.25, 0.3) is 5.56 Å². The molecule has 1 unspecified atom stereocenters. The Bertz CT molecular complexity index is 1450. The Balaban J connectivity index is 1.71. The maximum Gasteiger partial charge on any atom is 0.263 e. The van der Waals surface area contributed by atoms with E-state index >= 15 is 0 Å². The van der Waals surface area contributed by atoms with E-state index in [1.165, 1.54) is 34.7 Å². The van der Waals surface area contributed by atoms with Gasteiger partial charge in [-0.2, -0.15) is 0 Å². The van der Waals surface area contributed by atoms with Gasteiger partial charge >= 0.3 is 0 Å². The molecule has 4 aromatic rings. The molecule has 2 heterocycles. The number of thiophene rings is 1. The van der Waals surface area contributed by atoms with E-state index in [2.05, 4.69) is 36.3 Å². The van der Waals surface area contributed by atoms with Crippen molar-refractivity contribution in [2.45, 2.75) is 40.7 Å². The van der Waals surface area contributed by atoms with E-state index in [1.54, 1.807) is 31.2 Å². The third-order valence-electron chi connectivity index (χ3n) is 5.96. The van der Waals surface area contributed by atoms with Crippen molar-refractivity contribution in [1.29, 1.82) is 0 Å². The van der Waals surface area contributed by atoms with Crippen LogP contribution in [0.2, 0.25) is 0 Å². The van der Waals surface area contributed by atoms with Gasteiger partial charge in [-0.1, -0.05) is 18.2 Å². The molecule has 0 bridgehead atoms. The molecule has 2 aromatic carbocycles. The number of anilines is 1. The molecule has 2 aromatic heterocycles. The zero-order chi connectivity index (χ0) is 23.9. The van der Waals surface area contributed by atoms with Crippen LogP contribution in [0.15, 0.2) is 53.6 Å². The van der Waals surface area contributed by atoms with Gasteiger partial charge in [-0.3, -0.25) is 19.0 Å². The number of Topliss-reactive ketones (excluding diaryl/α,β-unsaturated/α-hetero) is 1. The Morgan fingerprint density at radius 1 is 1.03 bits per heavy atom. The molecule has 0 fully saturated rings. The predicted molar refractivity (Wildman–Crippen MR) is 133 cm³/mol. The van der Waals surface area contributed by atoms with E-state index in [4.69, 9.17) is 0 Å². The molecule has 1 amide bonds. The molecule has 0 spiro atoms. The highest BCUT2D eigenvalue weighted by Crippen LogP contribution is 2.36. The summed E-state index contributed by atoms with van der Waals surface area (Å²) in [5.41, 5.74) is 5.07. The van der Waals surface area contributed by atoms with E-state index < -0.39 is 6.04 Å². The molecule has 1 N–H and O–H groups in total. The summed E-state index contributed by atoms with van der Waals surface area (Å²) in [6, 6.07) is 12.1. The van der Waals surface area contributed by atoms with Crippen molar-refractivity contribution in [2.24, 2.45) is 0 Å². The monoisotopic (exact) mass is 459 g/mol. The smallest absolute Gasteiger partial charge is 0.263 e. The number of aryl methyl sites for hydroxylation is 3. The predicted octanol–water partition coefficient (Wildman–Crippen LogP) is 5.45. The van der Waals surface area contributed by atoms with Gasteiger partial charge in [0.1, 0.15) is 10.9 Å². The molecule has 0 radical (unpaired) electrons. The van der Waals surface area contributed by atoms with Crippen LogP contribution in [0.25, 0.3) is 21.3 Å². The van der Waals surface area contributed by atoms with E-state index in [9.17, 15) is 14.4 Å². The minimum atomic E-state index is -0.769. The lowest BCUT2D eigenvalue weighted by Gasteiger charge is -2.15. The van der Waals surface area contributed by atoms with Gasteiger partial charge in [-0.25, -0.2) is 4.98 Å². The van der Waals surface area contributed by atoms with Crippen LogP contribution in [0.3, 0.4) is 0 Å². The summed E-state index contributed by atoms with van der Waals surface area (Å²) in [5.74, 6) is -0.383. The number of amides is 1. The Hall–Kier alpha value is -3.58. The number of nitrogens with zero attached hydrogens (tertiary/aromatic N) is 2. The maximum absolute atomic E-state index is 13.5. The summed E-state index contributed by atoms with van der Waals surface area (Å²) < 4.78 is 1.37.